The quantitative estimate of drug-likeness (QED) is 0.596. The van der Waals surface area contributed by atoms with Crippen LogP contribution < -0.4 is 5.32 Å². The number of nitrogens with one attached hydrogen (secondary N) is 1. The second-order valence-corrected chi connectivity index (χ2v) is 6.39. The topological polar surface area (TPSA) is 60.1 Å². The minimum Gasteiger partial charge on any atom is -0.460 e. The number of para-hydroxylation sites is 1. The standard InChI is InChI=1S/C21H25N3O2/c1-3-4-5-9-14-22-21(25)19-15-18(20-13-12-16(2)26-20)23-24(19)17-10-7-6-8-11-17/h6-8,10-13,15H,3-5,9,14H2,1-2H3,(H,22,25). The molecular formula is C21H25N3O2. The zero-order valence-electron chi connectivity index (χ0n) is 15.4. The molecule has 2 aromatic heterocycles. The van der Waals surface area contributed by atoms with Crippen molar-refractivity contribution in [2.24, 2.45) is 0 Å². The van der Waals surface area contributed by atoms with Crippen LogP contribution in [-0.2, 0) is 0 Å². The summed E-state index contributed by atoms with van der Waals surface area (Å²) in [5.74, 6) is 1.36. The van der Waals surface area contributed by atoms with Crippen LogP contribution in [0.4, 0.5) is 0 Å². The fourth-order valence-electron chi connectivity index (χ4n) is 2.85. The lowest BCUT2D eigenvalue weighted by Gasteiger charge is -2.08. The van der Waals surface area contributed by atoms with Crippen molar-refractivity contribution in [2.75, 3.05) is 6.54 Å². The second-order valence-electron chi connectivity index (χ2n) is 6.39. The average Bonchev–Trinajstić information content (AvgIpc) is 3.28. The molecule has 0 fully saturated rings. The van der Waals surface area contributed by atoms with E-state index in [1.54, 1.807) is 10.7 Å². The molecule has 1 N–H and O–H groups in total. The summed E-state index contributed by atoms with van der Waals surface area (Å²) in [6.45, 7) is 4.74. The Balaban J connectivity index is 1.85. The van der Waals surface area contributed by atoms with Crippen LogP contribution in [0.1, 0.15) is 48.9 Å². The molecule has 0 bridgehead atoms. The first-order chi connectivity index (χ1) is 12.7. The van der Waals surface area contributed by atoms with E-state index >= 15 is 0 Å². The smallest absolute Gasteiger partial charge is 0.270 e. The highest BCUT2D eigenvalue weighted by Gasteiger charge is 2.18. The van der Waals surface area contributed by atoms with Crippen molar-refractivity contribution in [3.05, 3.63) is 60.0 Å². The van der Waals surface area contributed by atoms with E-state index in [4.69, 9.17) is 4.42 Å². The van der Waals surface area contributed by atoms with Crippen molar-refractivity contribution in [3.63, 3.8) is 0 Å². The van der Waals surface area contributed by atoms with Crippen LogP contribution in [0.15, 0.2) is 52.9 Å². The summed E-state index contributed by atoms with van der Waals surface area (Å²) >= 11 is 0. The van der Waals surface area contributed by atoms with E-state index in [1.807, 2.05) is 49.4 Å². The van der Waals surface area contributed by atoms with E-state index in [-0.39, 0.29) is 5.91 Å². The molecule has 0 unspecified atom stereocenters. The predicted molar refractivity (Wildman–Crippen MR) is 102 cm³/mol. The number of amides is 1. The molecule has 0 aliphatic heterocycles. The van der Waals surface area contributed by atoms with Gasteiger partial charge in [0.2, 0.25) is 0 Å². The zero-order chi connectivity index (χ0) is 18.4. The molecule has 3 aromatic rings. The SMILES string of the molecule is CCCCCCNC(=O)c1cc(-c2ccc(C)o2)nn1-c1ccccc1. The lowest BCUT2D eigenvalue weighted by molar-refractivity contribution is 0.0945. The van der Waals surface area contributed by atoms with Crippen LogP contribution in [0.2, 0.25) is 0 Å². The molecular weight excluding hydrogens is 326 g/mol. The Morgan fingerprint density at radius 1 is 1.12 bits per heavy atom. The van der Waals surface area contributed by atoms with E-state index in [9.17, 15) is 4.79 Å². The maximum absolute atomic E-state index is 12.7. The molecule has 0 aliphatic carbocycles. The second kappa shape index (κ2) is 8.52. The van der Waals surface area contributed by atoms with Gasteiger partial charge in [-0.1, -0.05) is 44.4 Å². The molecule has 0 saturated carbocycles. The lowest BCUT2D eigenvalue weighted by atomic mass is 10.2. The van der Waals surface area contributed by atoms with Gasteiger partial charge in [-0.25, -0.2) is 4.68 Å². The maximum atomic E-state index is 12.7. The molecule has 3 rings (SSSR count). The van der Waals surface area contributed by atoms with Crippen LogP contribution in [0.25, 0.3) is 17.1 Å². The predicted octanol–water partition coefficient (Wildman–Crippen LogP) is 4.75. The molecule has 5 heteroatoms. The number of aryl methyl sites for hydroxylation is 1. The molecule has 0 aliphatic rings. The molecule has 0 radical (unpaired) electrons. The summed E-state index contributed by atoms with van der Waals surface area (Å²) in [6, 6.07) is 15.2. The molecule has 0 atom stereocenters. The number of benzene rings is 1. The summed E-state index contributed by atoms with van der Waals surface area (Å²) in [4.78, 5) is 12.7. The third-order valence-corrected chi connectivity index (χ3v) is 4.25. The normalized spacial score (nSPS) is 10.8. The maximum Gasteiger partial charge on any atom is 0.270 e. The Bertz CT molecular complexity index is 849. The Morgan fingerprint density at radius 2 is 1.92 bits per heavy atom. The van der Waals surface area contributed by atoms with E-state index in [1.165, 1.54) is 12.8 Å². The van der Waals surface area contributed by atoms with Gasteiger partial charge in [-0.3, -0.25) is 4.79 Å². The van der Waals surface area contributed by atoms with Gasteiger partial charge in [0.05, 0.1) is 5.69 Å². The Hall–Kier alpha value is -2.82. The summed E-state index contributed by atoms with van der Waals surface area (Å²) < 4.78 is 7.35. The van der Waals surface area contributed by atoms with E-state index in [0.29, 0.717) is 23.7 Å². The summed E-state index contributed by atoms with van der Waals surface area (Å²) in [5.41, 5.74) is 2.01. The first-order valence-corrected chi connectivity index (χ1v) is 9.19. The van der Waals surface area contributed by atoms with Crippen LogP contribution in [0.3, 0.4) is 0 Å². The molecule has 0 saturated heterocycles. The molecule has 5 nitrogen and oxygen atoms in total. The highest BCUT2D eigenvalue weighted by atomic mass is 16.3. The largest absolute Gasteiger partial charge is 0.460 e. The Kier molecular flexibility index (Phi) is 5.89. The number of nitrogens with zero attached hydrogens (tertiary/aromatic N) is 2. The van der Waals surface area contributed by atoms with Crippen LogP contribution in [-0.4, -0.2) is 22.2 Å². The molecule has 136 valence electrons. The molecule has 1 aromatic carbocycles. The average molecular weight is 351 g/mol. The van der Waals surface area contributed by atoms with Crippen LogP contribution in [0, 0.1) is 6.92 Å². The number of carbonyl (C=O) groups is 1. The Labute approximate surface area is 154 Å². The van der Waals surface area contributed by atoms with Gasteiger partial charge in [0.1, 0.15) is 17.1 Å². The molecule has 1 amide bonds. The van der Waals surface area contributed by atoms with Gasteiger partial charge in [-0.2, -0.15) is 5.10 Å². The number of hydrogen-bond donors (Lipinski definition) is 1. The van der Waals surface area contributed by atoms with Crippen molar-refractivity contribution < 1.29 is 9.21 Å². The van der Waals surface area contributed by atoms with Gasteiger partial charge < -0.3 is 9.73 Å². The van der Waals surface area contributed by atoms with Crippen molar-refractivity contribution in [1.82, 2.24) is 15.1 Å². The van der Waals surface area contributed by atoms with E-state index in [0.717, 1.165) is 24.3 Å². The number of furan rings is 1. The lowest BCUT2D eigenvalue weighted by Crippen LogP contribution is -2.26. The molecule has 0 spiro atoms. The zero-order valence-corrected chi connectivity index (χ0v) is 15.4. The fourth-order valence-corrected chi connectivity index (χ4v) is 2.85. The first kappa shape index (κ1) is 18.0. The minimum absolute atomic E-state index is 0.118. The summed E-state index contributed by atoms with van der Waals surface area (Å²) in [5, 5.41) is 7.61. The first-order valence-electron chi connectivity index (χ1n) is 9.19. The third-order valence-electron chi connectivity index (χ3n) is 4.25. The van der Waals surface area contributed by atoms with Crippen LogP contribution >= 0.6 is 0 Å². The van der Waals surface area contributed by atoms with Gasteiger partial charge in [0, 0.05) is 12.6 Å². The van der Waals surface area contributed by atoms with Gasteiger partial charge >= 0.3 is 0 Å². The van der Waals surface area contributed by atoms with E-state index < -0.39 is 0 Å². The van der Waals surface area contributed by atoms with Gasteiger partial charge in [0.25, 0.3) is 5.91 Å². The fraction of sp³-hybridized carbons (Fsp3) is 0.333. The van der Waals surface area contributed by atoms with Gasteiger partial charge in [-0.15, -0.1) is 0 Å². The van der Waals surface area contributed by atoms with Gasteiger partial charge in [0.15, 0.2) is 5.76 Å². The summed E-state index contributed by atoms with van der Waals surface area (Å²) in [7, 11) is 0. The number of aromatic nitrogens is 2. The van der Waals surface area contributed by atoms with E-state index in [2.05, 4.69) is 17.3 Å². The highest BCUT2D eigenvalue weighted by molar-refractivity contribution is 5.94. The molecule has 2 heterocycles. The number of unbranched alkanes of at least 4 members (excludes halogenated alkanes) is 3. The van der Waals surface area contributed by atoms with Crippen molar-refractivity contribution in [3.8, 4) is 17.1 Å². The third kappa shape index (κ3) is 4.23. The van der Waals surface area contributed by atoms with Crippen LogP contribution in [0.5, 0.6) is 0 Å². The van der Waals surface area contributed by atoms with Crippen molar-refractivity contribution in [1.29, 1.82) is 0 Å². The minimum atomic E-state index is -0.118. The van der Waals surface area contributed by atoms with Crippen molar-refractivity contribution in [2.45, 2.75) is 39.5 Å². The molecule has 26 heavy (non-hydrogen) atoms. The van der Waals surface area contributed by atoms with Gasteiger partial charge in [-0.05, 0) is 37.6 Å². The Morgan fingerprint density at radius 3 is 2.62 bits per heavy atom. The number of carbonyl (C=O) groups excluding carboxylic acids is 1. The number of rotatable bonds is 8. The van der Waals surface area contributed by atoms with Crippen molar-refractivity contribution >= 4 is 5.91 Å². The number of hydrogen-bond acceptors (Lipinski definition) is 3. The highest BCUT2D eigenvalue weighted by Crippen LogP contribution is 2.23. The summed E-state index contributed by atoms with van der Waals surface area (Å²) in [6.07, 6.45) is 4.50. The monoisotopic (exact) mass is 351 g/mol.